The van der Waals surface area contributed by atoms with E-state index in [4.69, 9.17) is 14.2 Å². The molecule has 0 bridgehead atoms. The first-order valence-corrected chi connectivity index (χ1v) is 11.5. The van der Waals surface area contributed by atoms with Gasteiger partial charge in [0.2, 0.25) is 5.91 Å². The molecular weight excluding hydrogens is 444 g/mol. The molecule has 0 fully saturated rings. The monoisotopic (exact) mass is 470 g/mol. The molecule has 0 radical (unpaired) electrons. The second kappa shape index (κ2) is 10.8. The maximum Gasteiger partial charge on any atom is 0.264 e. The molecule has 0 aromatic heterocycles. The van der Waals surface area contributed by atoms with Crippen molar-refractivity contribution in [2.45, 2.75) is 11.5 Å². The summed E-state index contributed by atoms with van der Waals surface area (Å²) < 4.78 is 43.9. The molecule has 3 aromatic rings. The minimum atomic E-state index is -4.10. The Labute approximate surface area is 193 Å². The van der Waals surface area contributed by atoms with E-state index < -0.39 is 22.5 Å². The van der Waals surface area contributed by atoms with E-state index in [1.807, 2.05) is 6.07 Å². The molecule has 0 spiro atoms. The summed E-state index contributed by atoms with van der Waals surface area (Å²) in [6.07, 6.45) is 0. The van der Waals surface area contributed by atoms with Crippen LogP contribution in [0.15, 0.2) is 77.7 Å². The molecule has 0 saturated carbocycles. The Morgan fingerprint density at radius 1 is 0.909 bits per heavy atom. The summed E-state index contributed by atoms with van der Waals surface area (Å²) in [5.74, 6) is 0.186. The summed E-state index contributed by atoms with van der Waals surface area (Å²) in [4.78, 5) is 13.0. The third kappa shape index (κ3) is 5.82. The summed E-state index contributed by atoms with van der Waals surface area (Å²) in [6, 6.07) is 19.8. The van der Waals surface area contributed by atoms with Crippen LogP contribution in [0.2, 0.25) is 0 Å². The molecule has 33 heavy (non-hydrogen) atoms. The Kier molecular flexibility index (Phi) is 7.92. The van der Waals surface area contributed by atoms with Crippen LogP contribution in [0.3, 0.4) is 0 Å². The van der Waals surface area contributed by atoms with Gasteiger partial charge in [0.25, 0.3) is 10.0 Å². The lowest BCUT2D eigenvalue weighted by molar-refractivity contribution is -0.114. The number of rotatable bonds is 10. The van der Waals surface area contributed by atoms with Crippen LogP contribution < -0.4 is 19.1 Å². The number of nitrogens with zero attached hydrogens (tertiary/aromatic N) is 1. The zero-order valence-electron chi connectivity index (χ0n) is 18.6. The van der Waals surface area contributed by atoms with Crippen molar-refractivity contribution >= 4 is 27.3 Å². The third-order valence-corrected chi connectivity index (χ3v) is 6.57. The molecule has 1 amide bonds. The van der Waals surface area contributed by atoms with Crippen LogP contribution >= 0.6 is 0 Å². The van der Waals surface area contributed by atoms with Gasteiger partial charge in [-0.3, -0.25) is 9.10 Å². The van der Waals surface area contributed by atoms with E-state index in [0.29, 0.717) is 18.0 Å². The van der Waals surface area contributed by atoms with Crippen molar-refractivity contribution in [2.24, 2.45) is 0 Å². The highest BCUT2D eigenvalue weighted by atomic mass is 32.2. The number of amides is 1. The summed E-state index contributed by atoms with van der Waals surface area (Å²) in [5, 5.41) is 2.76. The zero-order valence-corrected chi connectivity index (χ0v) is 19.5. The van der Waals surface area contributed by atoms with Gasteiger partial charge in [-0.25, -0.2) is 8.42 Å². The van der Waals surface area contributed by atoms with E-state index >= 15 is 0 Å². The second-order valence-electron chi connectivity index (χ2n) is 7.04. The largest absolute Gasteiger partial charge is 0.497 e. The third-order valence-electron chi connectivity index (χ3n) is 4.79. The molecule has 0 aliphatic carbocycles. The van der Waals surface area contributed by atoms with Crippen molar-refractivity contribution in [1.82, 2.24) is 0 Å². The van der Waals surface area contributed by atoms with Crippen LogP contribution in [0, 0.1) is 0 Å². The Hall–Kier alpha value is -3.56. The maximum absolute atomic E-state index is 13.6. The lowest BCUT2D eigenvalue weighted by Gasteiger charge is -2.26. The normalized spacial score (nSPS) is 11.0. The molecule has 3 aromatic carbocycles. The Morgan fingerprint density at radius 3 is 2.33 bits per heavy atom. The molecule has 8 nitrogen and oxygen atoms in total. The zero-order chi connectivity index (χ0) is 23.8. The molecular formula is C24H26N2O6S. The lowest BCUT2D eigenvalue weighted by Crippen LogP contribution is -2.38. The van der Waals surface area contributed by atoms with Gasteiger partial charge in [-0.05, 0) is 42.0 Å². The first-order chi connectivity index (χ1) is 15.9. The number of anilines is 2. The molecule has 0 atom stereocenters. The highest BCUT2D eigenvalue weighted by Crippen LogP contribution is 2.35. The Bertz CT molecular complexity index is 1200. The molecule has 0 aliphatic heterocycles. The number of sulfonamides is 1. The van der Waals surface area contributed by atoms with Crippen molar-refractivity contribution in [3.63, 3.8) is 0 Å². The molecule has 0 heterocycles. The minimum absolute atomic E-state index is 0.0461. The van der Waals surface area contributed by atoms with Gasteiger partial charge in [-0.2, -0.15) is 0 Å². The van der Waals surface area contributed by atoms with Gasteiger partial charge in [-0.1, -0.05) is 30.3 Å². The summed E-state index contributed by atoms with van der Waals surface area (Å²) >= 11 is 0. The number of ether oxygens (including phenoxy) is 3. The maximum atomic E-state index is 13.6. The van der Waals surface area contributed by atoms with Gasteiger partial charge in [0.05, 0.1) is 31.4 Å². The quantitative estimate of drug-likeness (QED) is 0.486. The first kappa shape index (κ1) is 24.1. The Balaban J connectivity index is 2.00. The van der Waals surface area contributed by atoms with Crippen molar-refractivity contribution in [3.05, 3.63) is 78.4 Å². The average Bonchev–Trinajstić information content (AvgIpc) is 2.83. The van der Waals surface area contributed by atoms with Crippen molar-refractivity contribution in [2.75, 3.05) is 37.5 Å². The van der Waals surface area contributed by atoms with Crippen molar-refractivity contribution in [3.8, 4) is 11.5 Å². The van der Waals surface area contributed by atoms with Crippen molar-refractivity contribution < 1.29 is 27.4 Å². The minimum Gasteiger partial charge on any atom is -0.497 e. The van der Waals surface area contributed by atoms with Gasteiger partial charge >= 0.3 is 0 Å². The van der Waals surface area contributed by atoms with Gasteiger partial charge in [0.15, 0.2) is 0 Å². The number of hydrogen-bond donors (Lipinski definition) is 1. The number of methoxy groups -OCH3 is 3. The predicted octanol–water partition coefficient (Wildman–Crippen LogP) is 3.68. The molecule has 1 N–H and O–H groups in total. The fourth-order valence-electron chi connectivity index (χ4n) is 3.25. The highest BCUT2D eigenvalue weighted by molar-refractivity contribution is 7.92. The van der Waals surface area contributed by atoms with Gasteiger partial charge < -0.3 is 19.5 Å². The topological polar surface area (TPSA) is 94.2 Å². The van der Waals surface area contributed by atoms with Crippen LogP contribution in [0.5, 0.6) is 11.5 Å². The lowest BCUT2D eigenvalue weighted by atomic mass is 10.2. The number of nitrogens with one attached hydrogen (secondary N) is 1. The van der Waals surface area contributed by atoms with E-state index in [2.05, 4.69) is 5.32 Å². The molecule has 9 heteroatoms. The first-order valence-electron chi connectivity index (χ1n) is 10.1. The molecule has 0 aliphatic rings. The fourth-order valence-corrected chi connectivity index (χ4v) is 4.69. The van der Waals surface area contributed by atoms with Crippen LogP contribution in [0.25, 0.3) is 0 Å². The van der Waals surface area contributed by atoms with Crippen LogP contribution in [-0.2, 0) is 26.2 Å². The summed E-state index contributed by atoms with van der Waals surface area (Å²) in [6.45, 7) is -0.0888. The number of carbonyl (C=O) groups is 1. The molecule has 0 unspecified atom stereocenters. The number of carbonyl (C=O) groups excluding carboxylic acids is 1. The van der Waals surface area contributed by atoms with E-state index in [1.165, 1.54) is 32.4 Å². The number of benzene rings is 3. The highest BCUT2D eigenvalue weighted by Gasteiger charge is 2.30. The molecule has 3 rings (SSSR count). The molecule has 174 valence electrons. The fraction of sp³-hybridized carbons (Fsp3) is 0.208. The summed E-state index contributed by atoms with van der Waals surface area (Å²) in [5.41, 5.74) is 1.59. The number of hydrogen-bond acceptors (Lipinski definition) is 6. The average molecular weight is 471 g/mol. The van der Waals surface area contributed by atoms with Crippen molar-refractivity contribution in [1.29, 1.82) is 0 Å². The summed E-state index contributed by atoms with van der Waals surface area (Å²) in [7, 11) is 0.388. The standard InChI is InChI=1S/C24H26N2O6S/c1-30-17-18-8-7-9-19(14-18)25-24(27)16-26(33(28,29)21-10-5-4-6-11-21)22-15-20(31-2)12-13-23(22)32-3/h4-15H,16-17H2,1-3H3,(H,25,27). The van der Waals surface area contributed by atoms with Crippen LogP contribution in [0.4, 0.5) is 11.4 Å². The van der Waals surface area contributed by atoms with E-state index in [0.717, 1.165) is 9.87 Å². The van der Waals surface area contributed by atoms with Crippen LogP contribution in [-0.4, -0.2) is 42.2 Å². The molecule has 0 saturated heterocycles. The van der Waals surface area contributed by atoms with Crippen LogP contribution in [0.1, 0.15) is 5.56 Å². The predicted molar refractivity (Wildman–Crippen MR) is 126 cm³/mol. The van der Waals surface area contributed by atoms with E-state index in [1.54, 1.807) is 55.6 Å². The smallest absolute Gasteiger partial charge is 0.264 e. The van der Waals surface area contributed by atoms with E-state index in [-0.39, 0.29) is 16.3 Å². The van der Waals surface area contributed by atoms with Gasteiger partial charge in [0, 0.05) is 18.9 Å². The van der Waals surface area contributed by atoms with Gasteiger partial charge in [0.1, 0.15) is 18.0 Å². The van der Waals surface area contributed by atoms with Gasteiger partial charge in [-0.15, -0.1) is 0 Å². The van der Waals surface area contributed by atoms with E-state index in [9.17, 15) is 13.2 Å². The second-order valence-corrected chi connectivity index (χ2v) is 8.91. The Morgan fingerprint density at radius 2 is 1.67 bits per heavy atom. The SMILES string of the molecule is COCc1cccc(NC(=O)CN(c2cc(OC)ccc2OC)S(=O)(=O)c2ccccc2)c1.